The molecule has 0 aliphatic heterocycles. The van der Waals surface area contributed by atoms with Gasteiger partial charge in [-0.1, -0.05) is 41.4 Å². The summed E-state index contributed by atoms with van der Waals surface area (Å²) in [5.41, 5.74) is 0.764. The van der Waals surface area contributed by atoms with Crippen LogP contribution >= 0.6 is 35.0 Å². The molecule has 2 aromatic rings. The zero-order chi connectivity index (χ0) is 13.0. The average molecular weight is 299 g/mol. The Kier molecular flexibility index (Phi) is 4.95. The van der Waals surface area contributed by atoms with Crippen molar-refractivity contribution in [1.82, 2.24) is 0 Å². The molecule has 1 unspecified atom stereocenters. The highest BCUT2D eigenvalue weighted by atomic mass is 35.5. The first-order valence-corrected chi connectivity index (χ1v) is 7.22. The molecule has 0 saturated carbocycles. The number of aliphatic hydroxyl groups is 1. The minimum atomic E-state index is -0.570. The van der Waals surface area contributed by atoms with Gasteiger partial charge >= 0.3 is 0 Å². The third-order valence-electron chi connectivity index (χ3n) is 2.49. The van der Waals surface area contributed by atoms with Gasteiger partial charge in [-0.3, -0.25) is 0 Å². The molecule has 2 aromatic carbocycles. The molecular formula is C14H12Cl2OS. The van der Waals surface area contributed by atoms with E-state index in [9.17, 15) is 5.11 Å². The molecule has 0 aliphatic rings. The van der Waals surface area contributed by atoms with Crippen molar-refractivity contribution in [3.05, 3.63) is 64.1 Å². The van der Waals surface area contributed by atoms with E-state index in [1.54, 1.807) is 17.8 Å². The maximum atomic E-state index is 10.1. The fourth-order valence-corrected chi connectivity index (χ4v) is 2.79. The minimum absolute atomic E-state index is 0.561. The van der Waals surface area contributed by atoms with Gasteiger partial charge in [-0.05, 0) is 35.9 Å². The zero-order valence-corrected chi connectivity index (χ0v) is 11.8. The molecule has 0 aliphatic carbocycles. The van der Waals surface area contributed by atoms with Crippen LogP contribution < -0.4 is 0 Å². The lowest BCUT2D eigenvalue weighted by Crippen LogP contribution is -2.01. The standard InChI is InChI=1S/C14H12Cl2OS/c15-10-5-7-11(8-6-10)18-9-14(17)12-3-1-2-4-13(12)16/h1-8,14,17H,9H2. The van der Waals surface area contributed by atoms with Gasteiger partial charge in [-0.25, -0.2) is 0 Å². The number of aliphatic hydroxyl groups excluding tert-OH is 1. The van der Waals surface area contributed by atoms with Crippen LogP contribution in [0, 0.1) is 0 Å². The van der Waals surface area contributed by atoms with E-state index >= 15 is 0 Å². The van der Waals surface area contributed by atoms with E-state index in [1.807, 2.05) is 42.5 Å². The van der Waals surface area contributed by atoms with Crippen molar-refractivity contribution in [3.8, 4) is 0 Å². The van der Waals surface area contributed by atoms with E-state index in [0.29, 0.717) is 15.8 Å². The van der Waals surface area contributed by atoms with E-state index in [1.165, 1.54) is 0 Å². The summed E-state index contributed by atoms with van der Waals surface area (Å²) in [5.74, 6) is 0.561. The average Bonchev–Trinajstić information content (AvgIpc) is 2.38. The molecule has 18 heavy (non-hydrogen) atoms. The third kappa shape index (κ3) is 3.66. The Bertz CT molecular complexity index is 513. The molecule has 0 bridgehead atoms. The molecule has 1 nitrogen and oxygen atoms in total. The molecule has 4 heteroatoms. The van der Waals surface area contributed by atoms with E-state index in [-0.39, 0.29) is 0 Å². The second-order valence-corrected chi connectivity index (χ2v) is 5.74. The van der Waals surface area contributed by atoms with Crippen LogP contribution in [0.15, 0.2) is 53.4 Å². The Morgan fingerprint density at radius 1 is 1.00 bits per heavy atom. The quantitative estimate of drug-likeness (QED) is 0.817. The topological polar surface area (TPSA) is 20.2 Å². The Morgan fingerprint density at radius 2 is 1.67 bits per heavy atom. The van der Waals surface area contributed by atoms with Gasteiger partial charge in [0, 0.05) is 20.7 Å². The first-order valence-electron chi connectivity index (χ1n) is 5.47. The number of benzene rings is 2. The SMILES string of the molecule is OC(CSc1ccc(Cl)cc1)c1ccccc1Cl. The number of hydrogen-bond donors (Lipinski definition) is 1. The summed E-state index contributed by atoms with van der Waals surface area (Å²) in [6.07, 6.45) is -0.570. The number of rotatable bonds is 4. The largest absolute Gasteiger partial charge is 0.387 e. The molecule has 1 N–H and O–H groups in total. The lowest BCUT2D eigenvalue weighted by atomic mass is 10.1. The monoisotopic (exact) mass is 298 g/mol. The zero-order valence-electron chi connectivity index (χ0n) is 9.51. The van der Waals surface area contributed by atoms with Crippen molar-refractivity contribution >= 4 is 35.0 Å². The third-order valence-corrected chi connectivity index (χ3v) is 4.17. The molecule has 0 fully saturated rings. The first kappa shape index (κ1) is 13.8. The second-order valence-electron chi connectivity index (χ2n) is 3.80. The Balaban J connectivity index is 1.98. The maximum absolute atomic E-state index is 10.1. The lowest BCUT2D eigenvalue weighted by molar-refractivity contribution is 0.204. The summed E-state index contributed by atoms with van der Waals surface area (Å²) in [6.45, 7) is 0. The van der Waals surface area contributed by atoms with Crippen molar-refractivity contribution in [1.29, 1.82) is 0 Å². The van der Waals surface area contributed by atoms with E-state index in [2.05, 4.69) is 0 Å². The van der Waals surface area contributed by atoms with Crippen LogP contribution in [0.2, 0.25) is 10.0 Å². The highest BCUT2D eigenvalue weighted by Crippen LogP contribution is 2.29. The maximum Gasteiger partial charge on any atom is 0.0898 e. The number of thioether (sulfide) groups is 1. The van der Waals surface area contributed by atoms with Crippen molar-refractivity contribution in [2.45, 2.75) is 11.0 Å². The lowest BCUT2D eigenvalue weighted by Gasteiger charge is -2.12. The van der Waals surface area contributed by atoms with Gasteiger partial charge in [0.05, 0.1) is 6.10 Å². The van der Waals surface area contributed by atoms with Gasteiger partial charge in [0.1, 0.15) is 0 Å². The van der Waals surface area contributed by atoms with E-state index in [0.717, 1.165) is 10.5 Å². The molecule has 0 amide bonds. The van der Waals surface area contributed by atoms with Crippen molar-refractivity contribution < 1.29 is 5.11 Å². The normalized spacial score (nSPS) is 12.4. The smallest absolute Gasteiger partial charge is 0.0898 e. The van der Waals surface area contributed by atoms with E-state index in [4.69, 9.17) is 23.2 Å². The molecule has 94 valence electrons. The molecule has 2 rings (SSSR count). The molecule has 0 heterocycles. The van der Waals surface area contributed by atoms with Crippen LogP contribution in [-0.2, 0) is 0 Å². The van der Waals surface area contributed by atoms with Crippen LogP contribution in [-0.4, -0.2) is 10.9 Å². The number of halogens is 2. The molecule has 1 atom stereocenters. The van der Waals surface area contributed by atoms with Gasteiger partial charge < -0.3 is 5.11 Å². The summed E-state index contributed by atoms with van der Waals surface area (Å²) < 4.78 is 0. The molecule has 0 radical (unpaired) electrons. The predicted octanol–water partition coefficient (Wildman–Crippen LogP) is 4.82. The van der Waals surface area contributed by atoms with Crippen LogP contribution in [0.5, 0.6) is 0 Å². The molecular weight excluding hydrogens is 287 g/mol. The van der Waals surface area contributed by atoms with Crippen LogP contribution in [0.3, 0.4) is 0 Å². The molecule has 0 saturated heterocycles. The second kappa shape index (κ2) is 6.48. The minimum Gasteiger partial charge on any atom is -0.387 e. The fourth-order valence-electron chi connectivity index (χ4n) is 1.54. The van der Waals surface area contributed by atoms with Gasteiger partial charge in [-0.15, -0.1) is 11.8 Å². The van der Waals surface area contributed by atoms with E-state index < -0.39 is 6.10 Å². The Hall–Kier alpha value is -0.670. The highest BCUT2D eigenvalue weighted by molar-refractivity contribution is 7.99. The Labute approximate surface area is 121 Å². The summed E-state index contributed by atoms with van der Waals surface area (Å²) in [5, 5.41) is 11.4. The Morgan fingerprint density at radius 3 is 2.33 bits per heavy atom. The summed E-state index contributed by atoms with van der Waals surface area (Å²) in [4.78, 5) is 1.07. The predicted molar refractivity (Wildman–Crippen MR) is 78.6 cm³/mol. The van der Waals surface area contributed by atoms with Gasteiger partial charge in [0.15, 0.2) is 0 Å². The van der Waals surface area contributed by atoms with Gasteiger partial charge in [-0.2, -0.15) is 0 Å². The van der Waals surface area contributed by atoms with Crippen LogP contribution in [0.1, 0.15) is 11.7 Å². The summed E-state index contributed by atoms with van der Waals surface area (Å²) in [7, 11) is 0. The molecule has 0 aromatic heterocycles. The first-order chi connectivity index (χ1) is 8.66. The highest BCUT2D eigenvalue weighted by Gasteiger charge is 2.11. The summed E-state index contributed by atoms with van der Waals surface area (Å²) >= 11 is 13.4. The molecule has 0 spiro atoms. The summed E-state index contributed by atoms with van der Waals surface area (Å²) in [6, 6.07) is 14.9. The fraction of sp³-hybridized carbons (Fsp3) is 0.143. The van der Waals surface area contributed by atoms with Crippen LogP contribution in [0.4, 0.5) is 0 Å². The van der Waals surface area contributed by atoms with Gasteiger partial charge in [0.2, 0.25) is 0 Å². The van der Waals surface area contributed by atoms with Crippen molar-refractivity contribution in [2.24, 2.45) is 0 Å². The van der Waals surface area contributed by atoms with Crippen LogP contribution in [0.25, 0.3) is 0 Å². The van der Waals surface area contributed by atoms with Crippen molar-refractivity contribution in [3.63, 3.8) is 0 Å². The number of hydrogen-bond acceptors (Lipinski definition) is 2. The van der Waals surface area contributed by atoms with Crippen molar-refractivity contribution in [2.75, 3.05) is 5.75 Å². The van der Waals surface area contributed by atoms with Gasteiger partial charge in [0.25, 0.3) is 0 Å².